The molecule has 1 aromatic carbocycles. The molecular weight excluding hydrogens is 252 g/mol. The molecule has 0 saturated carbocycles. The second-order valence-corrected chi connectivity index (χ2v) is 4.19. The van der Waals surface area contributed by atoms with Gasteiger partial charge in [-0.05, 0) is 32.0 Å². The molecule has 3 N–H and O–H groups in total. The average Bonchev–Trinajstić information content (AvgIpc) is 2.33. The Hall–Kier alpha value is -1.85. The minimum atomic E-state index is 0.456. The van der Waals surface area contributed by atoms with Gasteiger partial charge in [0.15, 0.2) is 0 Å². The third-order valence-electron chi connectivity index (χ3n) is 2.36. The van der Waals surface area contributed by atoms with Gasteiger partial charge in [0.1, 0.15) is 17.4 Å². The van der Waals surface area contributed by atoms with Crippen molar-refractivity contribution in [2.75, 3.05) is 5.43 Å². The molecule has 18 heavy (non-hydrogen) atoms. The van der Waals surface area contributed by atoms with E-state index < -0.39 is 0 Å². The van der Waals surface area contributed by atoms with Crippen LogP contribution in [-0.2, 0) is 0 Å². The fourth-order valence-corrected chi connectivity index (χ4v) is 1.67. The molecule has 2 rings (SSSR count). The smallest absolute Gasteiger partial charge is 0.227 e. The summed E-state index contributed by atoms with van der Waals surface area (Å²) in [5.41, 5.74) is 3.26. The largest absolute Gasteiger partial charge is 0.438 e. The fraction of sp³-hybridized carbons (Fsp3) is 0.167. The van der Waals surface area contributed by atoms with Crippen LogP contribution in [0.4, 0.5) is 5.82 Å². The quantitative estimate of drug-likeness (QED) is 0.659. The number of ether oxygens (including phenoxy) is 1. The molecule has 2 aromatic rings. The van der Waals surface area contributed by atoms with Crippen LogP contribution >= 0.6 is 11.6 Å². The van der Waals surface area contributed by atoms with E-state index in [0.717, 1.165) is 5.56 Å². The SMILES string of the molecule is Cc1nc(NN)c(C)c(Oc2cccc(Cl)c2)n1. The number of nitrogens with two attached hydrogens (primary N) is 1. The van der Waals surface area contributed by atoms with Crippen molar-refractivity contribution in [3.63, 3.8) is 0 Å². The van der Waals surface area contributed by atoms with Crippen LogP contribution in [0.5, 0.6) is 11.6 Å². The van der Waals surface area contributed by atoms with E-state index in [0.29, 0.717) is 28.3 Å². The monoisotopic (exact) mass is 264 g/mol. The number of aromatic nitrogens is 2. The maximum Gasteiger partial charge on any atom is 0.227 e. The maximum atomic E-state index is 5.90. The number of nitrogens with one attached hydrogen (secondary N) is 1. The van der Waals surface area contributed by atoms with Crippen molar-refractivity contribution in [3.05, 3.63) is 40.7 Å². The number of nitrogens with zero attached hydrogens (tertiary/aromatic N) is 2. The molecule has 0 radical (unpaired) electrons. The van der Waals surface area contributed by atoms with Crippen molar-refractivity contribution >= 4 is 17.4 Å². The zero-order valence-electron chi connectivity index (χ0n) is 10.1. The van der Waals surface area contributed by atoms with Crippen LogP contribution in [0.3, 0.4) is 0 Å². The fourth-order valence-electron chi connectivity index (χ4n) is 1.48. The van der Waals surface area contributed by atoms with Gasteiger partial charge in [-0.2, -0.15) is 4.98 Å². The van der Waals surface area contributed by atoms with E-state index in [4.69, 9.17) is 22.2 Å². The lowest BCUT2D eigenvalue weighted by Crippen LogP contribution is -2.12. The highest BCUT2D eigenvalue weighted by Gasteiger charge is 2.10. The van der Waals surface area contributed by atoms with Gasteiger partial charge in [-0.15, -0.1) is 0 Å². The predicted molar refractivity (Wildman–Crippen MR) is 70.8 cm³/mol. The first kappa shape index (κ1) is 12.6. The van der Waals surface area contributed by atoms with E-state index in [9.17, 15) is 0 Å². The number of hydrazine groups is 1. The summed E-state index contributed by atoms with van der Waals surface area (Å²) in [5, 5.41) is 0.605. The van der Waals surface area contributed by atoms with E-state index in [-0.39, 0.29) is 0 Å². The summed E-state index contributed by atoms with van der Waals surface area (Å²) in [6, 6.07) is 7.11. The Morgan fingerprint density at radius 2 is 2.06 bits per heavy atom. The van der Waals surface area contributed by atoms with Crippen molar-refractivity contribution in [1.29, 1.82) is 0 Å². The summed E-state index contributed by atoms with van der Waals surface area (Å²) >= 11 is 5.90. The Morgan fingerprint density at radius 3 is 2.72 bits per heavy atom. The molecule has 0 aliphatic rings. The topological polar surface area (TPSA) is 73.1 Å². The third-order valence-corrected chi connectivity index (χ3v) is 2.60. The molecule has 94 valence electrons. The normalized spacial score (nSPS) is 10.2. The number of nitrogen functional groups attached to an aromatic ring is 1. The molecule has 0 amide bonds. The Morgan fingerprint density at radius 1 is 1.28 bits per heavy atom. The second kappa shape index (κ2) is 5.20. The van der Waals surface area contributed by atoms with Gasteiger partial charge in [0.05, 0.1) is 5.56 Å². The molecule has 6 heteroatoms. The Labute approximate surface area is 110 Å². The first-order chi connectivity index (χ1) is 8.60. The highest BCUT2D eigenvalue weighted by Crippen LogP contribution is 2.27. The zero-order chi connectivity index (χ0) is 13.1. The Balaban J connectivity index is 2.37. The van der Waals surface area contributed by atoms with Crippen LogP contribution in [0.15, 0.2) is 24.3 Å². The highest BCUT2D eigenvalue weighted by molar-refractivity contribution is 6.30. The van der Waals surface area contributed by atoms with E-state index in [1.54, 1.807) is 25.1 Å². The number of aryl methyl sites for hydroxylation is 1. The van der Waals surface area contributed by atoms with Crippen LogP contribution in [-0.4, -0.2) is 9.97 Å². The summed E-state index contributed by atoms with van der Waals surface area (Å²) in [6.07, 6.45) is 0. The maximum absolute atomic E-state index is 5.90. The number of hydrogen-bond donors (Lipinski definition) is 2. The summed E-state index contributed by atoms with van der Waals surface area (Å²) in [4.78, 5) is 8.39. The van der Waals surface area contributed by atoms with Gasteiger partial charge in [0.2, 0.25) is 5.88 Å². The molecule has 1 heterocycles. The molecule has 0 bridgehead atoms. The lowest BCUT2D eigenvalue weighted by molar-refractivity contribution is 0.456. The number of benzene rings is 1. The number of hydrogen-bond acceptors (Lipinski definition) is 5. The van der Waals surface area contributed by atoms with Gasteiger partial charge in [0, 0.05) is 5.02 Å². The van der Waals surface area contributed by atoms with E-state index >= 15 is 0 Å². The lowest BCUT2D eigenvalue weighted by atomic mass is 10.3. The van der Waals surface area contributed by atoms with Crippen LogP contribution in [0.25, 0.3) is 0 Å². The summed E-state index contributed by atoms with van der Waals surface area (Å²) in [5.74, 6) is 7.58. The van der Waals surface area contributed by atoms with Gasteiger partial charge in [0.25, 0.3) is 0 Å². The molecule has 0 atom stereocenters. The minimum Gasteiger partial charge on any atom is -0.438 e. The molecule has 0 aliphatic carbocycles. The predicted octanol–water partition coefficient (Wildman–Crippen LogP) is 2.82. The summed E-state index contributed by atoms with van der Waals surface area (Å²) in [6.45, 7) is 3.60. The van der Waals surface area contributed by atoms with Crippen molar-refractivity contribution < 1.29 is 4.74 Å². The zero-order valence-corrected chi connectivity index (χ0v) is 10.8. The Bertz CT molecular complexity index is 574. The number of anilines is 1. The first-order valence-corrected chi connectivity index (χ1v) is 5.73. The van der Waals surface area contributed by atoms with Gasteiger partial charge >= 0.3 is 0 Å². The number of rotatable bonds is 3. The van der Waals surface area contributed by atoms with Gasteiger partial charge < -0.3 is 10.2 Å². The van der Waals surface area contributed by atoms with E-state index in [2.05, 4.69) is 15.4 Å². The molecular formula is C12H13ClN4O. The highest BCUT2D eigenvalue weighted by atomic mass is 35.5. The molecule has 1 aromatic heterocycles. The van der Waals surface area contributed by atoms with E-state index in [1.807, 2.05) is 13.0 Å². The molecule has 0 fully saturated rings. The molecule has 0 aliphatic heterocycles. The average molecular weight is 265 g/mol. The molecule has 0 spiro atoms. The first-order valence-electron chi connectivity index (χ1n) is 5.35. The molecule has 5 nitrogen and oxygen atoms in total. The van der Waals surface area contributed by atoms with Crippen LogP contribution in [0.2, 0.25) is 5.02 Å². The second-order valence-electron chi connectivity index (χ2n) is 3.75. The molecule has 0 unspecified atom stereocenters. The van der Waals surface area contributed by atoms with Crippen molar-refractivity contribution in [1.82, 2.24) is 9.97 Å². The van der Waals surface area contributed by atoms with Crippen molar-refractivity contribution in [2.24, 2.45) is 5.84 Å². The third kappa shape index (κ3) is 2.69. The van der Waals surface area contributed by atoms with Crippen molar-refractivity contribution in [2.45, 2.75) is 13.8 Å². The summed E-state index contributed by atoms with van der Waals surface area (Å²) < 4.78 is 5.68. The van der Waals surface area contributed by atoms with E-state index in [1.165, 1.54) is 0 Å². The lowest BCUT2D eigenvalue weighted by Gasteiger charge is -2.11. The Kier molecular flexibility index (Phi) is 3.64. The van der Waals surface area contributed by atoms with Gasteiger partial charge in [-0.1, -0.05) is 17.7 Å². The number of halogens is 1. The minimum absolute atomic E-state index is 0.456. The molecule has 0 saturated heterocycles. The van der Waals surface area contributed by atoms with Crippen LogP contribution in [0, 0.1) is 13.8 Å². The van der Waals surface area contributed by atoms with Crippen LogP contribution in [0.1, 0.15) is 11.4 Å². The van der Waals surface area contributed by atoms with Gasteiger partial charge in [-0.3, -0.25) is 0 Å². The van der Waals surface area contributed by atoms with Gasteiger partial charge in [-0.25, -0.2) is 10.8 Å². The standard InChI is InChI=1S/C12H13ClN4O/c1-7-11(17-14)15-8(2)16-12(7)18-10-5-3-4-9(13)6-10/h3-6H,14H2,1-2H3,(H,15,16,17). The van der Waals surface area contributed by atoms with Crippen molar-refractivity contribution in [3.8, 4) is 11.6 Å². The summed E-state index contributed by atoms with van der Waals surface area (Å²) in [7, 11) is 0. The van der Waals surface area contributed by atoms with Crippen LogP contribution < -0.4 is 16.0 Å².